The normalized spacial score (nSPS) is 11.8. The van der Waals surface area contributed by atoms with Gasteiger partial charge in [0, 0.05) is 22.0 Å². The van der Waals surface area contributed by atoms with E-state index in [-0.39, 0.29) is 17.4 Å². The molecule has 0 aliphatic rings. The van der Waals surface area contributed by atoms with Crippen LogP contribution >= 0.6 is 15.9 Å². The van der Waals surface area contributed by atoms with Crippen molar-refractivity contribution < 1.29 is 10.0 Å². The number of hydrogen-bond acceptors (Lipinski definition) is 3. The van der Waals surface area contributed by atoms with E-state index in [0.29, 0.717) is 10.0 Å². The molecule has 2 rings (SSSR count). The zero-order chi connectivity index (χ0) is 14.7. The van der Waals surface area contributed by atoms with E-state index >= 15 is 0 Å². The number of phenolic OH excluding ortho intramolecular Hbond substituents is 1. The highest BCUT2D eigenvalue weighted by Gasteiger charge is 2.23. The molecule has 2 aromatic carbocycles. The molecule has 1 N–H and O–H groups in total. The van der Waals surface area contributed by atoms with Gasteiger partial charge in [0.1, 0.15) is 0 Å². The fourth-order valence-electron chi connectivity index (χ4n) is 2.08. The van der Waals surface area contributed by atoms with Gasteiger partial charge in [-0.2, -0.15) is 0 Å². The van der Waals surface area contributed by atoms with E-state index in [1.54, 1.807) is 12.1 Å². The summed E-state index contributed by atoms with van der Waals surface area (Å²) in [7, 11) is 0. The summed E-state index contributed by atoms with van der Waals surface area (Å²) in [6.07, 6.45) is 1.65. The van der Waals surface area contributed by atoms with Gasteiger partial charge in [-0.25, -0.2) is 0 Å². The van der Waals surface area contributed by atoms with Crippen molar-refractivity contribution in [1.82, 2.24) is 0 Å². The molecule has 5 heteroatoms. The Bertz CT molecular complexity index is 656. The lowest BCUT2D eigenvalue weighted by molar-refractivity contribution is -0.386. The number of benzene rings is 2. The molecule has 0 bridgehead atoms. The minimum Gasteiger partial charge on any atom is -0.502 e. The first-order chi connectivity index (χ1) is 9.54. The topological polar surface area (TPSA) is 63.4 Å². The van der Waals surface area contributed by atoms with Crippen LogP contribution in [-0.4, -0.2) is 10.0 Å². The van der Waals surface area contributed by atoms with Crippen molar-refractivity contribution >= 4 is 21.6 Å². The van der Waals surface area contributed by atoms with E-state index in [1.165, 1.54) is 6.07 Å². The van der Waals surface area contributed by atoms with Gasteiger partial charge in [-0.3, -0.25) is 10.1 Å². The van der Waals surface area contributed by atoms with Crippen molar-refractivity contribution in [3.63, 3.8) is 0 Å². The number of nitro benzene ring substituents is 1. The second-order valence-electron chi connectivity index (χ2n) is 4.24. The summed E-state index contributed by atoms with van der Waals surface area (Å²) < 4.78 is 0.541. The summed E-state index contributed by atoms with van der Waals surface area (Å²) in [5.41, 5.74) is 1.04. The Morgan fingerprint density at radius 2 is 1.95 bits per heavy atom. The Kier molecular flexibility index (Phi) is 4.20. The maximum atomic E-state index is 11.0. The van der Waals surface area contributed by atoms with Crippen molar-refractivity contribution in [2.45, 2.75) is 5.92 Å². The predicted molar refractivity (Wildman–Crippen MR) is 80.9 cm³/mol. The lowest BCUT2D eigenvalue weighted by atomic mass is 9.90. The molecule has 20 heavy (non-hydrogen) atoms. The average molecular weight is 334 g/mol. The maximum Gasteiger partial charge on any atom is 0.312 e. The van der Waals surface area contributed by atoms with Crippen molar-refractivity contribution in [1.29, 1.82) is 0 Å². The van der Waals surface area contributed by atoms with Crippen LogP contribution in [-0.2, 0) is 0 Å². The van der Waals surface area contributed by atoms with Gasteiger partial charge < -0.3 is 5.11 Å². The molecule has 0 fully saturated rings. The summed E-state index contributed by atoms with van der Waals surface area (Å²) in [5.74, 6) is -0.639. The number of nitrogens with zero attached hydrogens (tertiary/aromatic N) is 1. The highest BCUT2D eigenvalue weighted by atomic mass is 79.9. The zero-order valence-electron chi connectivity index (χ0n) is 10.5. The van der Waals surface area contributed by atoms with Gasteiger partial charge in [0.2, 0.25) is 0 Å². The minimum absolute atomic E-state index is 0.313. The van der Waals surface area contributed by atoms with Crippen LogP contribution in [0.3, 0.4) is 0 Å². The zero-order valence-corrected chi connectivity index (χ0v) is 12.1. The standard InChI is InChI=1S/C15H12BrNO3/c1-2-12(10-6-4-3-5-7-10)13-8-11(16)9-14(15(13)18)17(19)20/h2-9,12,18H,1H2. The van der Waals surface area contributed by atoms with E-state index in [4.69, 9.17) is 0 Å². The van der Waals surface area contributed by atoms with Gasteiger partial charge in [-0.15, -0.1) is 6.58 Å². The number of hydrogen-bond donors (Lipinski definition) is 1. The Hall–Kier alpha value is -2.14. The van der Waals surface area contributed by atoms with Crippen LogP contribution < -0.4 is 0 Å². The summed E-state index contributed by atoms with van der Waals surface area (Å²) in [6.45, 7) is 3.76. The van der Waals surface area contributed by atoms with Crippen LogP contribution in [0.15, 0.2) is 59.6 Å². The molecule has 0 spiro atoms. The first kappa shape index (κ1) is 14.3. The number of allylic oxidation sites excluding steroid dienone is 1. The molecular formula is C15H12BrNO3. The maximum absolute atomic E-state index is 11.0. The summed E-state index contributed by atoms with van der Waals surface area (Å²) in [5, 5.41) is 21.1. The number of nitro groups is 1. The molecule has 1 atom stereocenters. The van der Waals surface area contributed by atoms with Crippen molar-refractivity contribution in [2.24, 2.45) is 0 Å². The van der Waals surface area contributed by atoms with Crippen molar-refractivity contribution in [3.05, 3.63) is 80.8 Å². The molecule has 0 aliphatic heterocycles. The lowest BCUT2D eigenvalue weighted by Crippen LogP contribution is -2.00. The molecule has 0 saturated carbocycles. The van der Waals surface area contributed by atoms with Gasteiger partial charge in [0.15, 0.2) is 5.75 Å². The highest BCUT2D eigenvalue weighted by molar-refractivity contribution is 9.10. The third-order valence-electron chi connectivity index (χ3n) is 3.01. The van der Waals surface area contributed by atoms with Gasteiger partial charge in [-0.1, -0.05) is 52.3 Å². The highest BCUT2D eigenvalue weighted by Crippen LogP contribution is 2.40. The number of rotatable bonds is 4. The number of halogens is 1. The fraction of sp³-hybridized carbons (Fsp3) is 0.0667. The summed E-state index contributed by atoms with van der Waals surface area (Å²) in [4.78, 5) is 10.4. The SMILES string of the molecule is C=CC(c1ccccc1)c1cc(Br)cc([N+](=O)[O-])c1O. The Morgan fingerprint density at radius 1 is 1.30 bits per heavy atom. The van der Waals surface area contributed by atoms with Crippen LogP contribution in [0.25, 0.3) is 0 Å². The Morgan fingerprint density at radius 3 is 2.50 bits per heavy atom. The van der Waals surface area contributed by atoms with Crippen LogP contribution in [0.5, 0.6) is 5.75 Å². The van der Waals surface area contributed by atoms with Gasteiger partial charge in [0.05, 0.1) is 4.92 Å². The molecule has 0 amide bonds. The van der Waals surface area contributed by atoms with E-state index in [9.17, 15) is 15.2 Å². The predicted octanol–water partition coefficient (Wildman–Crippen LogP) is 4.38. The molecule has 0 radical (unpaired) electrons. The molecule has 0 saturated heterocycles. The first-order valence-corrected chi connectivity index (χ1v) is 6.68. The molecule has 0 aliphatic carbocycles. The number of phenols is 1. The number of aromatic hydroxyl groups is 1. The Balaban J connectivity index is 2.61. The lowest BCUT2D eigenvalue weighted by Gasteiger charge is -2.15. The molecular weight excluding hydrogens is 322 g/mol. The Labute approximate surface area is 124 Å². The third kappa shape index (κ3) is 2.72. The van der Waals surface area contributed by atoms with Gasteiger partial charge >= 0.3 is 5.69 Å². The van der Waals surface area contributed by atoms with Crippen LogP contribution in [0.2, 0.25) is 0 Å². The van der Waals surface area contributed by atoms with Crippen LogP contribution in [0.1, 0.15) is 17.0 Å². The van der Waals surface area contributed by atoms with E-state index in [0.717, 1.165) is 5.56 Å². The molecule has 0 aromatic heterocycles. The molecule has 1 unspecified atom stereocenters. The quantitative estimate of drug-likeness (QED) is 0.513. The van der Waals surface area contributed by atoms with Crippen LogP contribution in [0, 0.1) is 10.1 Å². The molecule has 102 valence electrons. The monoisotopic (exact) mass is 333 g/mol. The van der Waals surface area contributed by atoms with Gasteiger partial charge in [0.25, 0.3) is 0 Å². The van der Waals surface area contributed by atoms with E-state index in [2.05, 4.69) is 22.5 Å². The molecule has 2 aromatic rings. The van der Waals surface area contributed by atoms with Crippen LogP contribution in [0.4, 0.5) is 5.69 Å². The van der Waals surface area contributed by atoms with E-state index < -0.39 is 4.92 Å². The third-order valence-corrected chi connectivity index (χ3v) is 3.47. The fourth-order valence-corrected chi connectivity index (χ4v) is 2.55. The second-order valence-corrected chi connectivity index (χ2v) is 5.16. The minimum atomic E-state index is -0.602. The average Bonchev–Trinajstić information content (AvgIpc) is 2.44. The first-order valence-electron chi connectivity index (χ1n) is 5.89. The molecule has 0 heterocycles. The van der Waals surface area contributed by atoms with Gasteiger partial charge in [-0.05, 0) is 11.6 Å². The summed E-state index contributed by atoms with van der Waals surface area (Å²) >= 11 is 3.24. The van der Waals surface area contributed by atoms with E-state index in [1.807, 2.05) is 30.3 Å². The summed E-state index contributed by atoms with van der Waals surface area (Å²) in [6, 6.07) is 12.3. The van der Waals surface area contributed by atoms with Crippen molar-refractivity contribution in [2.75, 3.05) is 0 Å². The molecule has 4 nitrogen and oxygen atoms in total. The second kappa shape index (κ2) is 5.88. The van der Waals surface area contributed by atoms with Crippen molar-refractivity contribution in [3.8, 4) is 5.75 Å². The smallest absolute Gasteiger partial charge is 0.312 e. The largest absolute Gasteiger partial charge is 0.502 e.